The summed E-state index contributed by atoms with van der Waals surface area (Å²) in [6.45, 7) is 10.7. The number of alkyl halides is 1. The molecular formula is C18H31ClN2O7. The van der Waals surface area contributed by atoms with Gasteiger partial charge >= 0.3 is 18.0 Å². The number of hydrogen-bond acceptors (Lipinski definition) is 7. The van der Waals surface area contributed by atoms with E-state index in [1.165, 1.54) is 6.92 Å². The fourth-order valence-electron chi connectivity index (χ4n) is 1.91. The third-order valence-electron chi connectivity index (χ3n) is 2.89. The number of nitrogens with one attached hydrogen (secondary N) is 1. The van der Waals surface area contributed by atoms with E-state index in [-0.39, 0.29) is 19.7 Å². The van der Waals surface area contributed by atoms with Gasteiger partial charge in [-0.25, -0.2) is 4.79 Å². The Bertz CT molecular complexity index is 565. The monoisotopic (exact) mass is 422 g/mol. The largest absolute Gasteiger partial charge is 0.462 e. The van der Waals surface area contributed by atoms with Crippen LogP contribution in [0.5, 0.6) is 0 Å². The Morgan fingerprint density at radius 1 is 1.00 bits per heavy atom. The third-order valence-corrected chi connectivity index (χ3v) is 2.98. The van der Waals surface area contributed by atoms with E-state index < -0.39 is 47.1 Å². The van der Waals surface area contributed by atoms with Gasteiger partial charge in [0.15, 0.2) is 5.56 Å². The minimum Gasteiger partial charge on any atom is -0.462 e. The van der Waals surface area contributed by atoms with Crippen LogP contribution in [0.1, 0.15) is 48.5 Å². The maximum atomic E-state index is 12.5. The van der Waals surface area contributed by atoms with Crippen molar-refractivity contribution >= 4 is 35.5 Å². The number of nitrogens with zero attached hydrogens (tertiary/aromatic N) is 1. The summed E-state index contributed by atoms with van der Waals surface area (Å²) in [6.07, 6.45) is -0.743. The first kappa shape index (κ1) is 26.0. The molecule has 0 spiro atoms. The van der Waals surface area contributed by atoms with E-state index in [4.69, 9.17) is 21.1 Å². The van der Waals surface area contributed by atoms with Crippen molar-refractivity contribution in [3.63, 3.8) is 0 Å². The quantitative estimate of drug-likeness (QED) is 0.276. The fraction of sp³-hybridized carbons (Fsp3) is 0.778. The van der Waals surface area contributed by atoms with Crippen molar-refractivity contribution in [3.05, 3.63) is 0 Å². The molecule has 0 saturated carbocycles. The lowest BCUT2D eigenvalue weighted by Gasteiger charge is -2.29. The summed E-state index contributed by atoms with van der Waals surface area (Å²) >= 11 is 5.50. The van der Waals surface area contributed by atoms with E-state index in [9.17, 15) is 19.2 Å². The van der Waals surface area contributed by atoms with Gasteiger partial charge in [0.25, 0.3) is 0 Å². The maximum absolute atomic E-state index is 12.5. The van der Waals surface area contributed by atoms with Crippen LogP contribution in [0.3, 0.4) is 0 Å². The molecule has 0 radical (unpaired) electrons. The van der Waals surface area contributed by atoms with E-state index in [0.717, 1.165) is 4.90 Å². The Labute approximate surface area is 171 Å². The number of ether oxygens (including phenoxy) is 3. The minimum atomic E-state index is -0.800. The molecule has 1 unspecified atom stereocenters. The predicted octanol–water partition coefficient (Wildman–Crippen LogP) is 2.06. The van der Waals surface area contributed by atoms with Gasteiger partial charge in [0.05, 0.1) is 6.54 Å². The molecule has 0 aliphatic carbocycles. The zero-order valence-electron chi connectivity index (χ0n) is 17.6. The van der Waals surface area contributed by atoms with Crippen LogP contribution in [0.25, 0.3) is 0 Å². The van der Waals surface area contributed by atoms with Crippen molar-refractivity contribution in [2.24, 2.45) is 5.41 Å². The second kappa shape index (κ2) is 11.1. The Kier molecular flexibility index (Phi) is 10.3. The summed E-state index contributed by atoms with van der Waals surface area (Å²) in [5.74, 6) is -1.74. The first-order valence-corrected chi connectivity index (χ1v) is 9.31. The van der Waals surface area contributed by atoms with Gasteiger partial charge in [-0.3, -0.25) is 14.4 Å². The van der Waals surface area contributed by atoms with Gasteiger partial charge in [-0.05, 0) is 27.7 Å². The van der Waals surface area contributed by atoms with E-state index in [1.54, 1.807) is 41.5 Å². The number of rotatable bonds is 8. The molecule has 0 aromatic rings. The molecule has 0 aliphatic heterocycles. The van der Waals surface area contributed by atoms with Crippen LogP contribution in [0, 0.1) is 5.41 Å². The van der Waals surface area contributed by atoms with E-state index in [0.29, 0.717) is 0 Å². The Balaban J connectivity index is 4.69. The lowest BCUT2D eigenvalue weighted by molar-refractivity contribution is -0.162. The molecule has 1 atom stereocenters. The molecule has 28 heavy (non-hydrogen) atoms. The lowest BCUT2D eigenvalue weighted by atomic mass is 9.94. The standard InChI is InChI=1S/C18H31ClN2O7/c1-12(19)27-16(25)20-8-9-26-13(22)10-21(15(24)17(2,3)4)11-14(23)28-18(5,6)7/h12H,8-11H2,1-7H3,(H,20,25). The molecule has 0 bridgehead atoms. The molecule has 0 aliphatic rings. The van der Waals surface area contributed by atoms with Gasteiger partial charge in [0, 0.05) is 5.41 Å². The highest BCUT2D eigenvalue weighted by Crippen LogP contribution is 2.18. The minimum absolute atomic E-state index is 0.00741. The second-order valence-corrected chi connectivity index (χ2v) is 8.71. The molecule has 0 aromatic carbocycles. The van der Waals surface area contributed by atoms with Crippen molar-refractivity contribution < 1.29 is 33.4 Å². The Hall–Kier alpha value is -2.03. The van der Waals surface area contributed by atoms with Crippen molar-refractivity contribution in [2.45, 2.75) is 59.6 Å². The molecule has 9 nitrogen and oxygen atoms in total. The normalized spacial score (nSPS) is 12.6. The summed E-state index contributed by atoms with van der Waals surface area (Å²) in [5, 5.41) is 2.35. The third kappa shape index (κ3) is 12.4. The van der Waals surface area contributed by atoms with Crippen LogP contribution in [0.4, 0.5) is 4.79 Å². The van der Waals surface area contributed by atoms with Gasteiger partial charge < -0.3 is 24.4 Å². The Morgan fingerprint density at radius 2 is 1.54 bits per heavy atom. The van der Waals surface area contributed by atoms with Crippen molar-refractivity contribution in [3.8, 4) is 0 Å². The van der Waals surface area contributed by atoms with Gasteiger partial charge in [-0.15, -0.1) is 0 Å². The summed E-state index contributed by atoms with van der Waals surface area (Å²) in [5.41, 5.74) is -2.30. The average molecular weight is 423 g/mol. The SMILES string of the molecule is CC(Cl)OC(=O)NCCOC(=O)CN(CC(=O)OC(C)(C)C)C(=O)C(C)(C)C. The second-order valence-electron chi connectivity index (χ2n) is 8.09. The molecule has 0 aromatic heterocycles. The van der Waals surface area contributed by atoms with Crippen molar-refractivity contribution in [1.82, 2.24) is 10.2 Å². The first-order valence-electron chi connectivity index (χ1n) is 8.87. The van der Waals surface area contributed by atoms with Gasteiger partial charge in [-0.2, -0.15) is 0 Å². The van der Waals surface area contributed by atoms with Crippen LogP contribution in [0.15, 0.2) is 0 Å². The summed E-state index contributed by atoms with van der Waals surface area (Å²) < 4.78 is 14.8. The maximum Gasteiger partial charge on any atom is 0.408 e. The molecule has 0 heterocycles. The Morgan fingerprint density at radius 3 is 2.00 bits per heavy atom. The number of esters is 2. The van der Waals surface area contributed by atoms with Gasteiger partial charge in [0.1, 0.15) is 25.3 Å². The number of carbonyl (C=O) groups is 4. The summed E-state index contributed by atoms with van der Waals surface area (Å²) in [7, 11) is 0. The number of amides is 2. The smallest absolute Gasteiger partial charge is 0.408 e. The summed E-state index contributed by atoms with van der Waals surface area (Å²) in [6, 6.07) is 0. The summed E-state index contributed by atoms with van der Waals surface area (Å²) in [4.78, 5) is 49.0. The van der Waals surface area contributed by atoms with Crippen LogP contribution in [0.2, 0.25) is 0 Å². The molecule has 162 valence electrons. The zero-order valence-corrected chi connectivity index (χ0v) is 18.3. The molecule has 0 rings (SSSR count). The van der Waals surface area contributed by atoms with E-state index in [2.05, 4.69) is 10.1 Å². The number of carbonyl (C=O) groups excluding carboxylic acids is 4. The molecule has 0 fully saturated rings. The highest BCUT2D eigenvalue weighted by molar-refractivity contribution is 6.19. The number of alkyl carbamates (subject to hydrolysis) is 1. The molecule has 0 saturated heterocycles. The predicted molar refractivity (Wildman–Crippen MR) is 103 cm³/mol. The van der Waals surface area contributed by atoms with E-state index in [1.807, 2.05) is 0 Å². The highest BCUT2D eigenvalue weighted by Gasteiger charge is 2.31. The van der Waals surface area contributed by atoms with Gasteiger partial charge in [-0.1, -0.05) is 32.4 Å². The average Bonchev–Trinajstić information content (AvgIpc) is 2.46. The first-order chi connectivity index (χ1) is 12.6. The van der Waals surface area contributed by atoms with E-state index >= 15 is 0 Å². The van der Waals surface area contributed by atoms with Crippen LogP contribution < -0.4 is 5.32 Å². The van der Waals surface area contributed by atoms with Crippen LogP contribution >= 0.6 is 11.6 Å². The number of halogens is 1. The molecule has 1 N–H and O–H groups in total. The van der Waals surface area contributed by atoms with Crippen molar-refractivity contribution in [1.29, 1.82) is 0 Å². The van der Waals surface area contributed by atoms with Gasteiger partial charge in [0.2, 0.25) is 5.91 Å². The molecule has 10 heteroatoms. The fourth-order valence-corrected chi connectivity index (χ4v) is 1.99. The van der Waals surface area contributed by atoms with Crippen molar-refractivity contribution in [2.75, 3.05) is 26.2 Å². The lowest BCUT2D eigenvalue weighted by Crippen LogP contribution is -2.46. The van der Waals surface area contributed by atoms with Crippen LogP contribution in [-0.4, -0.2) is 66.2 Å². The van der Waals surface area contributed by atoms with Crippen LogP contribution in [-0.2, 0) is 28.6 Å². The topological polar surface area (TPSA) is 111 Å². The number of hydrogen-bond donors (Lipinski definition) is 1. The molecule has 2 amide bonds. The molecular weight excluding hydrogens is 392 g/mol. The zero-order chi connectivity index (χ0) is 22.1. The highest BCUT2D eigenvalue weighted by atomic mass is 35.5.